The molecule has 0 aromatic carbocycles. The van der Waals surface area contributed by atoms with Crippen molar-refractivity contribution in [1.82, 2.24) is 0 Å². The van der Waals surface area contributed by atoms with Crippen LogP contribution in [0.1, 0.15) is 32.1 Å². The van der Waals surface area contributed by atoms with Crippen molar-refractivity contribution in [2.45, 2.75) is 32.1 Å². The van der Waals surface area contributed by atoms with E-state index in [4.69, 9.17) is 0 Å². The summed E-state index contributed by atoms with van der Waals surface area (Å²) in [6, 6.07) is 0. The summed E-state index contributed by atoms with van der Waals surface area (Å²) < 4.78 is 0. The summed E-state index contributed by atoms with van der Waals surface area (Å²) in [6.07, 6.45) is 15.9. The second-order valence-corrected chi connectivity index (χ2v) is 4.04. The lowest BCUT2D eigenvalue weighted by Gasteiger charge is -2.33. The highest BCUT2D eigenvalue weighted by molar-refractivity contribution is 5.36. The molecule has 2 aliphatic rings. The molecular formula is C12H16. The summed E-state index contributed by atoms with van der Waals surface area (Å²) in [5, 5.41) is 0. The molecule has 12 heavy (non-hydrogen) atoms. The summed E-state index contributed by atoms with van der Waals surface area (Å²) in [7, 11) is 0. The van der Waals surface area contributed by atoms with Crippen LogP contribution in [0.5, 0.6) is 0 Å². The Labute approximate surface area is 74.7 Å². The molecule has 0 radical (unpaired) electrons. The van der Waals surface area contributed by atoms with Gasteiger partial charge < -0.3 is 0 Å². The van der Waals surface area contributed by atoms with Crippen molar-refractivity contribution in [3.63, 3.8) is 0 Å². The average molecular weight is 160 g/mol. The van der Waals surface area contributed by atoms with Gasteiger partial charge in [-0.05, 0) is 18.4 Å². The van der Waals surface area contributed by atoms with E-state index in [9.17, 15) is 0 Å². The van der Waals surface area contributed by atoms with Crippen molar-refractivity contribution in [2.75, 3.05) is 0 Å². The first kappa shape index (κ1) is 7.85. The van der Waals surface area contributed by atoms with Crippen LogP contribution in [-0.2, 0) is 0 Å². The molecule has 0 atom stereocenters. The third-order valence-electron chi connectivity index (χ3n) is 3.04. The molecule has 0 saturated heterocycles. The summed E-state index contributed by atoms with van der Waals surface area (Å²) in [6.45, 7) is 3.92. The van der Waals surface area contributed by atoms with Gasteiger partial charge in [0.2, 0.25) is 0 Å². The third-order valence-corrected chi connectivity index (χ3v) is 3.04. The van der Waals surface area contributed by atoms with Gasteiger partial charge in [-0.2, -0.15) is 0 Å². The zero-order valence-electron chi connectivity index (χ0n) is 7.55. The topological polar surface area (TPSA) is 0 Å². The zero-order valence-corrected chi connectivity index (χ0v) is 7.55. The fourth-order valence-electron chi connectivity index (χ4n) is 2.20. The van der Waals surface area contributed by atoms with Crippen molar-refractivity contribution in [1.29, 1.82) is 0 Å². The van der Waals surface area contributed by atoms with Gasteiger partial charge in [-0.1, -0.05) is 50.1 Å². The molecule has 0 aromatic heterocycles. The smallest absolute Gasteiger partial charge is 0.00676 e. The van der Waals surface area contributed by atoms with Crippen molar-refractivity contribution >= 4 is 0 Å². The quantitative estimate of drug-likeness (QED) is 0.507. The van der Waals surface area contributed by atoms with Gasteiger partial charge in [-0.3, -0.25) is 0 Å². The van der Waals surface area contributed by atoms with Gasteiger partial charge in [0.05, 0.1) is 0 Å². The molecule has 0 aromatic rings. The Morgan fingerprint density at radius 1 is 1.00 bits per heavy atom. The van der Waals surface area contributed by atoms with E-state index >= 15 is 0 Å². The number of rotatable bonds is 0. The standard InChI is InChI=1S/C12H16/c1-11-5-9-12(10-6-11)7-3-2-4-8-12/h5-6,9-10H,1-4,7-8H2. The van der Waals surface area contributed by atoms with Gasteiger partial charge in [0.25, 0.3) is 0 Å². The molecule has 0 heterocycles. The minimum Gasteiger partial charge on any atom is -0.0918 e. The van der Waals surface area contributed by atoms with Gasteiger partial charge in [0.1, 0.15) is 0 Å². The lowest BCUT2D eigenvalue weighted by Crippen LogP contribution is -2.20. The minimum atomic E-state index is 0.416. The molecule has 0 amide bonds. The Bertz CT molecular complexity index is 219. The molecule has 0 bridgehead atoms. The van der Waals surface area contributed by atoms with Crippen molar-refractivity contribution < 1.29 is 0 Å². The molecule has 2 rings (SSSR count). The molecule has 64 valence electrons. The molecule has 0 N–H and O–H groups in total. The molecule has 0 heteroatoms. The molecular weight excluding hydrogens is 144 g/mol. The number of hydrogen-bond acceptors (Lipinski definition) is 0. The fourth-order valence-corrected chi connectivity index (χ4v) is 2.20. The van der Waals surface area contributed by atoms with Crippen LogP contribution >= 0.6 is 0 Å². The highest BCUT2D eigenvalue weighted by atomic mass is 14.3. The monoisotopic (exact) mass is 160 g/mol. The van der Waals surface area contributed by atoms with E-state index in [1.807, 2.05) is 0 Å². The van der Waals surface area contributed by atoms with E-state index in [0.29, 0.717) is 5.41 Å². The van der Waals surface area contributed by atoms with Crippen LogP contribution in [0.2, 0.25) is 0 Å². The van der Waals surface area contributed by atoms with E-state index < -0.39 is 0 Å². The van der Waals surface area contributed by atoms with Gasteiger partial charge in [-0.25, -0.2) is 0 Å². The predicted octanol–water partition coefficient (Wildman–Crippen LogP) is 3.62. The Hall–Kier alpha value is -0.780. The zero-order chi connectivity index (χ0) is 8.44. The largest absolute Gasteiger partial charge is 0.0918 e. The highest BCUT2D eigenvalue weighted by Crippen LogP contribution is 2.40. The van der Waals surface area contributed by atoms with Gasteiger partial charge in [-0.15, -0.1) is 0 Å². The van der Waals surface area contributed by atoms with Crippen LogP contribution in [-0.4, -0.2) is 0 Å². The maximum Gasteiger partial charge on any atom is 0.00676 e. The van der Waals surface area contributed by atoms with Crippen molar-refractivity contribution in [3.05, 3.63) is 36.5 Å². The van der Waals surface area contributed by atoms with Gasteiger partial charge in [0.15, 0.2) is 0 Å². The van der Waals surface area contributed by atoms with Crippen LogP contribution in [0, 0.1) is 5.41 Å². The molecule has 0 nitrogen and oxygen atoms in total. The van der Waals surface area contributed by atoms with Crippen LogP contribution in [0.4, 0.5) is 0 Å². The Morgan fingerprint density at radius 3 is 2.17 bits per heavy atom. The van der Waals surface area contributed by atoms with Crippen LogP contribution in [0.3, 0.4) is 0 Å². The Morgan fingerprint density at radius 2 is 1.58 bits per heavy atom. The lowest BCUT2D eigenvalue weighted by molar-refractivity contribution is 0.324. The minimum absolute atomic E-state index is 0.416. The number of allylic oxidation sites excluding steroid dienone is 5. The first-order valence-electron chi connectivity index (χ1n) is 4.88. The maximum atomic E-state index is 3.92. The van der Waals surface area contributed by atoms with E-state index in [0.717, 1.165) is 5.57 Å². The van der Waals surface area contributed by atoms with Gasteiger partial charge >= 0.3 is 0 Å². The van der Waals surface area contributed by atoms with Crippen LogP contribution in [0.25, 0.3) is 0 Å². The van der Waals surface area contributed by atoms with E-state index in [1.165, 1.54) is 32.1 Å². The average Bonchev–Trinajstić information content (AvgIpc) is 2.13. The molecule has 0 unspecified atom stereocenters. The van der Waals surface area contributed by atoms with Crippen LogP contribution < -0.4 is 0 Å². The Kier molecular flexibility index (Phi) is 1.92. The lowest BCUT2D eigenvalue weighted by atomic mass is 9.72. The summed E-state index contributed by atoms with van der Waals surface area (Å²) in [4.78, 5) is 0. The highest BCUT2D eigenvalue weighted by Gasteiger charge is 2.27. The van der Waals surface area contributed by atoms with Crippen LogP contribution in [0.15, 0.2) is 36.5 Å². The maximum absolute atomic E-state index is 3.92. The summed E-state index contributed by atoms with van der Waals surface area (Å²) in [5.41, 5.74) is 1.56. The van der Waals surface area contributed by atoms with Gasteiger partial charge in [0, 0.05) is 5.41 Å². The molecule has 1 saturated carbocycles. The summed E-state index contributed by atoms with van der Waals surface area (Å²) >= 11 is 0. The first-order valence-corrected chi connectivity index (χ1v) is 4.88. The second-order valence-electron chi connectivity index (χ2n) is 4.04. The number of hydrogen-bond donors (Lipinski definition) is 0. The van der Waals surface area contributed by atoms with E-state index in [1.54, 1.807) is 0 Å². The molecule has 1 spiro atoms. The fraction of sp³-hybridized carbons (Fsp3) is 0.500. The summed E-state index contributed by atoms with van der Waals surface area (Å²) in [5.74, 6) is 0. The van der Waals surface area contributed by atoms with Crippen molar-refractivity contribution in [3.8, 4) is 0 Å². The molecule has 1 fully saturated rings. The predicted molar refractivity (Wildman–Crippen MR) is 52.9 cm³/mol. The normalized spacial score (nSPS) is 26.5. The molecule has 0 aliphatic heterocycles. The van der Waals surface area contributed by atoms with Crippen molar-refractivity contribution in [2.24, 2.45) is 5.41 Å². The SMILES string of the molecule is C=C1C=CC2(C=C1)CCCCC2. The second kappa shape index (κ2) is 2.93. The van der Waals surface area contributed by atoms with E-state index in [-0.39, 0.29) is 0 Å². The third kappa shape index (κ3) is 1.38. The van der Waals surface area contributed by atoms with E-state index in [2.05, 4.69) is 30.9 Å². The first-order chi connectivity index (χ1) is 5.81. The molecule has 2 aliphatic carbocycles. The Balaban J connectivity index is 2.16.